The summed E-state index contributed by atoms with van der Waals surface area (Å²) in [6.45, 7) is 4.33. The van der Waals surface area contributed by atoms with E-state index < -0.39 is 35.4 Å². The van der Waals surface area contributed by atoms with Gasteiger partial charge in [-0.1, -0.05) is 6.92 Å². The van der Waals surface area contributed by atoms with Crippen molar-refractivity contribution in [2.24, 2.45) is 5.92 Å². The van der Waals surface area contributed by atoms with E-state index in [-0.39, 0.29) is 42.1 Å². The van der Waals surface area contributed by atoms with Gasteiger partial charge >= 0.3 is 6.18 Å². The number of alkyl halides is 3. The number of piperidine rings is 1. The van der Waals surface area contributed by atoms with E-state index in [1.807, 2.05) is 13.8 Å². The van der Waals surface area contributed by atoms with Gasteiger partial charge in [0.1, 0.15) is 11.9 Å². The number of carbonyl (C=O) groups excluding carboxylic acids is 3. The third kappa shape index (κ3) is 6.83. The summed E-state index contributed by atoms with van der Waals surface area (Å²) >= 11 is 0. The van der Waals surface area contributed by atoms with Crippen LogP contribution in [0.1, 0.15) is 59.4 Å². The zero-order valence-corrected chi connectivity index (χ0v) is 20.1. The maximum atomic E-state index is 13.2. The molecule has 1 aliphatic rings. The third-order valence-corrected chi connectivity index (χ3v) is 6.43. The molecule has 3 amide bonds. The van der Waals surface area contributed by atoms with Crippen molar-refractivity contribution in [3.63, 3.8) is 0 Å². The maximum Gasteiger partial charge on any atom is 0.416 e. The molecule has 1 fully saturated rings. The van der Waals surface area contributed by atoms with Crippen molar-refractivity contribution >= 4 is 17.7 Å². The van der Waals surface area contributed by atoms with E-state index in [1.54, 1.807) is 0 Å². The quantitative estimate of drug-likeness (QED) is 0.545. The molecule has 194 valence electrons. The van der Waals surface area contributed by atoms with E-state index in [2.05, 4.69) is 10.6 Å². The first-order chi connectivity index (χ1) is 17.0. The summed E-state index contributed by atoms with van der Waals surface area (Å²) in [7, 11) is 0. The van der Waals surface area contributed by atoms with Crippen LogP contribution < -0.4 is 10.6 Å². The Labute approximate surface area is 207 Å². The number of rotatable bonds is 7. The second-order valence-electron chi connectivity index (χ2n) is 8.98. The lowest BCUT2D eigenvalue weighted by atomic mass is 9.88. The molecule has 2 atom stereocenters. The summed E-state index contributed by atoms with van der Waals surface area (Å²) in [4.78, 5) is 40.1. The van der Waals surface area contributed by atoms with Crippen LogP contribution in [0.5, 0.6) is 0 Å². The minimum Gasteiger partial charge on any atom is -0.352 e. The molecule has 10 heteroatoms. The third-order valence-electron chi connectivity index (χ3n) is 6.43. The molecule has 0 unspecified atom stereocenters. The predicted octanol–water partition coefficient (Wildman–Crippen LogP) is 4.41. The smallest absolute Gasteiger partial charge is 0.352 e. The minimum absolute atomic E-state index is 0.107. The minimum atomic E-state index is -4.48. The second-order valence-corrected chi connectivity index (χ2v) is 8.98. The van der Waals surface area contributed by atoms with Crippen molar-refractivity contribution < 1.29 is 31.9 Å². The zero-order valence-electron chi connectivity index (χ0n) is 20.1. The Morgan fingerprint density at radius 1 is 0.944 bits per heavy atom. The van der Waals surface area contributed by atoms with Crippen LogP contribution >= 0.6 is 0 Å². The SMILES string of the molecule is CC[C@H](C)NC(=O)[C@@H](NC(=O)c1ccc(F)cc1)C1CCN(C(=O)c2ccc(C(F)(F)F)cc2)CC1. The Bertz CT molecular complexity index is 1060. The first-order valence-electron chi connectivity index (χ1n) is 11.8. The largest absolute Gasteiger partial charge is 0.416 e. The second kappa shape index (κ2) is 11.5. The molecule has 6 nitrogen and oxygen atoms in total. The van der Waals surface area contributed by atoms with E-state index in [0.29, 0.717) is 19.3 Å². The molecule has 2 aromatic rings. The van der Waals surface area contributed by atoms with Gasteiger partial charge in [0.25, 0.3) is 11.8 Å². The number of hydrogen-bond acceptors (Lipinski definition) is 3. The van der Waals surface area contributed by atoms with Crippen LogP contribution in [-0.4, -0.2) is 47.8 Å². The van der Waals surface area contributed by atoms with Gasteiger partial charge in [0, 0.05) is 30.3 Å². The Kier molecular flexibility index (Phi) is 8.70. The number of hydrogen-bond donors (Lipinski definition) is 2. The fourth-order valence-corrected chi connectivity index (χ4v) is 4.08. The van der Waals surface area contributed by atoms with Gasteiger partial charge in [0.15, 0.2) is 0 Å². The number of benzene rings is 2. The first-order valence-corrected chi connectivity index (χ1v) is 11.8. The number of likely N-dealkylation sites (tertiary alicyclic amines) is 1. The first kappa shape index (κ1) is 27.2. The maximum absolute atomic E-state index is 13.2. The number of nitrogens with one attached hydrogen (secondary N) is 2. The summed E-state index contributed by atoms with van der Waals surface area (Å²) in [6, 6.07) is 8.08. The number of carbonyl (C=O) groups is 3. The summed E-state index contributed by atoms with van der Waals surface area (Å²) in [5.74, 6) is -1.99. The van der Waals surface area contributed by atoms with Gasteiger partial charge in [-0.15, -0.1) is 0 Å². The molecule has 3 rings (SSSR count). The van der Waals surface area contributed by atoms with E-state index in [9.17, 15) is 31.9 Å². The van der Waals surface area contributed by atoms with Crippen molar-refractivity contribution in [1.29, 1.82) is 0 Å². The normalized spacial score (nSPS) is 16.2. The molecule has 1 aliphatic heterocycles. The lowest BCUT2D eigenvalue weighted by Gasteiger charge is -2.36. The fourth-order valence-electron chi connectivity index (χ4n) is 4.08. The van der Waals surface area contributed by atoms with Crippen LogP contribution in [0.3, 0.4) is 0 Å². The molecule has 1 saturated heterocycles. The summed E-state index contributed by atoms with van der Waals surface area (Å²) in [5, 5.41) is 5.65. The molecular weight excluding hydrogens is 478 g/mol. The highest BCUT2D eigenvalue weighted by atomic mass is 19.4. The zero-order chi connectivity index (χ0) is 26.5. The molecule has 0 saturated carbocycles. The van der Waals surface area contributed by atoms with E-state index in [0.717, 1.165) is 36.4 Å². The van der Waals surface area contributed by atoms with Crippen molar-refractivity contribution in [1.82, 2.24) is 15.5 Å². The molecule has 36 heavy (non-hydrogen) atoms. The highest BCUT2D eigenvalue weighted by Gasteiger charge is 2.35. The van der Waals surface area contributed by atoms with Crippen molar-refractivity contribution in [2.45, 2.75) is 51.4 Å². The molecule has 0 radical (unpaired) electrons. The number of amides is 3. The molecule has 2 N–H and O–H groups in total. The molecular formula is C26H29F4N3O3. The number of halogens is 4. The average Bonchev–Trinajstić information content (AvgIpc) is 2.86. The Balaban J connectivity index is 1.68. The fraction of sp³-hybridized carbons (Fsp3) is 0.423. The monoisotopic (exact) mass is 507 g/mol. The molecule has 0 spiro atoms. The van der Waals surface area contributed by atoms with Crippen molar-refractivity contribution in [3.05, 3.63) is 71.0 Å². The van der Waals surface area contributed by atoms with Crippen molar-refractivity contribution in [2.75, 3.05) is 13.1 Å². The van der Waals surface area contributed by atoms with Gasteiger partial charge in [0.2, 0.25) is 5.91 Å². The molecule has 0 aromatic heterocycles. The van der Waals surface area contributed by atoms with Crippen LogP contribution in [0.15, 0.2) is 48.5 Å². The van der Waals surface area contributed by atoms with Gasteiger partial charge in [-0.3, -0.25) is 14.4 Å². The van der Waals surface area contributed by atoms with Crippen LogP contribution in [0.25, 0.3) is 0 Å². The van der Waals surface area contributed by atoms with Crippen molar-refractivity contribution in [3.8, 4) is 0 Å². The van der Waals surface area contributed by atoms with Gasteiger partial charge in [0.05, 0.1) is 5.56 Å². The van der Waals surface area contributed by atoms with Gasteiger partial charge in [-0.05, 0) is 80.6 Å². The Hall–Kier alpha value is -3.43. The van der Waals surface area contributed by atoms with Crippen LogP contribution in [0, 0.1) is 11.7 Å². The van der Waals surface area contributed by atoms with Crippen LogP contribution in [0.2, 0.25) is 0 Å². The van der Waals surface area contributed by atoms with Gasteiger partial charge in [-0.25, -0.2) is 4.39 Å². The lowest BCUT2D eigenvalue weighted by Crippen LogP contribution is -2.55. The van der Waals surface area contributed by atoms with E-state index in [4.69, 9.17) is 0 Å². The summed E-state index contributed by atoms with van der Waals surface area (Å²) < 4.78 is 51.6. The van der Waals surface area contributed by atoms with Gasteiger partial charge in [-0.2, -0.15) is 13.2 Å². The molecule has 2 aromatic carbocycles. The van der Waals surface area contributed by atoms with E-state index in [1.165, 1.54) is 17.0 Å². The number of nitrogens with zero attached hydrogens (tertiary/aromatic N) is 1. The molecule has 0 bridgehead atoms. The Morgan fingerprint density at radius 3 is 2.03 bits per heavy atom. The van der Waals surface area contributed by atoms with E-state index >= 15 is 0 Å². The Morgan fingerprint density at radius 2 is 1.50 bits per heavy atom. The summed E-state index contributed by atoms with van der Waals surface area (Å²) in [6.07, 6.45) is -2.96. The predicted molar refractivity (Wildman–Crippen MR) is 126 cm³/mol. The highest BCUT2D eigenvalue weighted by molar-refractivity contribution is 5.97. The lowest BCUT2D eigenvalue weighted by molar-refractivity contribution is -0.137. The van der Waals surface area contributed by atoms with Gasteiger partial charge < -0.3 is 15.5 Å². The van der Waals surface area contributed by atoms with Crippen LogP contribution in [-0.2, 0) is 11.0 Å². The topological polar surface area (TPSA) is 78.5 Å². The molecule has 1 heterocycles. The standard InChI is InChI=1S/C26H29F4N3O3/c1-3-16(2)31-24(35)22(32-23(34)18-6-10-21(27)11-7-18)17-12-14-33(15-13-17)25(36)19-4-8-20(9-5-19)26(28,29)30/h4-11,16-17,22H,3,12-15H2,1-2H3,(H,31,35)(H,32,34)/t16-,22-/m0/s1. The molecule has 0 aliphatic carbocycles. The highest BCUT2D eigenvalue weighted by Crippen LogP contribution is 2.29. The average molecular weight is 508 g/mol. The van der Waals surface area contributed by atoms with Crippen LogP contribution in [0.4, 0.5) is 17.6 Å². The summed E-state index contributed by atoms with van der Waals surface area (Å²) in [5.41, 5.74) is -0.463.